The fourth-order valence-electron chi connectivity index (χ4n) is 3.66. The molecule has 0 spiro atoms. The fraction of sp³-hybridized carbons (Fsp3) is 0.207. The van der Waals surface area contributed by atoms with Gasteiger partial charge in [0.25, 0.3) is 0 Å². The Bertz CT molecular complexity index is 1420. The molecule has 0 aliphatic carbocycles. The molecule has 5 nitrogen and oxygen atoms in total. The average Bonchev–Trinajstić information content (AvgIpc) is 3.30. The molecule has 9 heteroatoms. The number of nitrogens with one attached hydrogen (secondary N) is 2. The molecule has 0 fully saturated rings. The summed E-state index contributed by atoms with van der Waals surface area (Å²) in [5, 5.41) is 8.76. The third-order valence-electron chi connectivity index (χ3n) is 5.36. The summed E-state index contributed by atoms with van der Waals surface area (Å²) in [5.74, 6) is -0.214. The molecule has 2 amide bonds. The smallest absolute Gasteiger partial charge is 0.244 e. The summed E-state index contributed by atoms with van der Waals surface area (Å²) in [7, 11) is 0. The molecule has 38 heavy (non-hydrogen) atoms. The first-order valence-electron chi connectivity index (χ1n) is 11.9. The van der Waals surface area contributed by atoms with Crippen LogP contribution in [-0.4, -0.2) is 16.8 Å². The van der Waals surface area contributed by atoms with Gasteiger partial charge in [-0.05, 0) is 53.4 Å². The number of amides is 2. The Hall–Kier alpha value is -2.84. The van der Waals surface area contributed by atoms with Crippen LogP contribution in [0, 0.1) is 5.41 Å². The molecule has 2 N–H and O–H groups in total. The number of thiazole rings is 1. The molecular formula is C29H27Cl2N3O2S2. The van der Waals surface area contributed by atoms with Gasteiger partial charge in [0, 0.05) is 33.0 Å². The number of anilines is 2. The van der Waals surface area contributed by atoms with E-state index in [-0.39, 0.29) is 17.2 Å². The third kappa shape index (κ3) is 7.84. The van der Waals surface area contributed by atoms with E-state index in [1.807, 2.05) is 86.8 Å². The lowest BCUT2D eigenvalue weighted by molar-refractivity contribution is -0.118. The van der Waals surface area contributed by atoms with Crippen LogP contribution in [0.4, 0.5) is 10.8 Å². The Kier molecular flexibility index (Phi) is 9.15. The van der Waals surface area contributed by atoms with Gasteiger partial charge in [-0.15, -0.1) is 23.1 Å². The van der Waals surface area contributed by atoms with E-state index in [1.165, 1.54) is 23.1 Å². The number of carbonyl (C=O) groups excluding carboxylic acids is 2. The molecule has 0 saturated heterocycles. The van der Waals surface area contributed by atoms with Crippen LogP contribution in [0.1, 0.15) is 38.0 Å². The number of hydrogen-bond donors (Lipinski definition) is 2. The Labute approximate surface area is 241 Å². The maximum absolute atomic E-state index is 13.5. The van der Waals surface area contributed by atoms with Crippen molar-refractivity contribution in [2.45, 2.75) is 37.3 Å². The molecule has 4 rings (SSSR count). The van der Waals surface area contributed by atoms with Gasteiger partial charge in [-0.25, -0.2) is 4.98 Å². The van der Waals surface area contributed by atoms with Crippen molar-refractivity contribution in [1.29, 1.82) is 0 Å². The van der Waals surface area contributed by atoms with E-state index in [0.29, 0.717) is 27.3 Å². The number of benzene rings is 3. The normalized spacial score (nSPS) is 12.1. The van der Waals surface area contributed by atoms with Crippen molar-refractivity contribution in [2.75, 3.05) is 10.6 Å². The Morgan fingerprint density at radius 3 is 2.34 bits per heavy atom. The zero-order chi connectivity index (χ0) is 27.3. The van der Waals surface area contributed by atoms with Gasteiger partial charge in [0.05, 0.1) is 10.7 Å². The molecule has 0 saturated carbocycles. The van der Waals surface area contributed by atoms with E-state index in [4.69, 9.17) is 23.2 Å². The molecule has 196 valence electrons. The molecule has 1 heterocycles. The lowest BCUT2D eigenvalue weighted by Gasteiger charge is -2.18. The number of nitrogens with zero attached hydrogens (tertiary/aromatic N) is 1. The molecule has 1 unspecified atom stereocenters. The predicted octanol–water partition coefficient (Wildman–Crippen LogP) is 8.96. The number of halogens is 2. The molecule has 0 aliphatic rings. The van der Waals surface area contributed by atoms with Crippen LogP contribution in [0.15, 0.2) is 83.1 Å². The van der Waals surface area contributed by atoms with Crippen molar-refractivity contribution < 1.29 is 9.59 Å². The van der Waals surface area contributed by atoms with Crippen LogP contribution in [0.2, 0.25) is 10.0 Å². The lowest BCUT2D eigenvalue weighted by Crippen LogP contribution is -2.19. The van der Waals surface area contributed by atoms with Gasteiger partial charge >= 0.3 is 0 Å². The first-order valence-corrected chi connectivity index (χ1v) is 14.4. The summed E-state index contributed by atoms with van der Waals surface area (Å²) in [6, 6.07) is 22.3. The van der Waals surface area contributed by atoms with Gasteiger partial charge in [0.2, 0.25) is 11.8 Å². The molecule has 0 bridgehead atoms. The first kappa shape index (κ1) is 28.2. The standard InChI is InChI=1S/C29H27Cl2N3O2S2/c1-29(2,3)16-25(35)32-20-10-12-21(13-11-20)38-26(18-7-5-4-6-8-18)27(36)34-28-33-24(17-37-28)22-14-9-19(30)15-23(22)31/h4-15,17,26H,16H2,1-3H3,(H,32,35)(H,33,34,36). The van der Waals surface area contributed by atoms with Crippen molar-refractivity contribution in [3.05, 3.63) is 93.8 Å². The second kappa shape index (κ2) is 12.3. The minimum atomic E-state index is -0.510. The highest BCUT2D eigenvalue weighted by molar-refractivity contribution is 8.00. The topological polar surface area (TPSA) is 71.1 Å². The van der Waals surface area contributed by atoms with Gasteiger partial charge in [0.15, 0.2) is 5.13 Å². The number of hydrogen-bond acceptors (Lipinski definition) is 5. The lowest BCUT2D eigenvalue weighted by atomic mass is 9.92. The van der Waals surface area contributed by atoms with Gasteiger partial charge in [0.1, 0.15) is 5.25 Å². The third-order valence-corrected chi connectivity index (χ3v) is 7.94. The van der Waals surface area contributed by atoms with E-state index in [2.05, 4.69) is 15.6 Å². The van der Waals surface area contributed by atoms with Crippen LogP contribution >= 0.6 is 46.3 Å². The number of aromatic nitrogens is 1. The SMILES string of the molecule is CC(C)(C)CC(=O)Nc1ccc(SC(C(=O)Nc2nc(-c3ccc(Cl)cc3Cl)cs2)c2ccccc2)cc1. The monoisotopic (exact) mass is 583 g/mol. The van der Waals surface area contributed by atoms with Crippen molar-refractivity contribution in [3.8, 4) is 11.3 Å². The Morgan fingerprint density at radius 1 is 0.974 bits per heavy atom. The number of rotatable bonds is 8. The summed E-state index contributed by atoms with van der Waals surface area (Å²) >= 11 is 15.1. The highest BCUT2D eigenvalue weighted by Crippen LogP contribution is 2.38. The van der Waals surface area contributed by atoms with Gasteiger partial charge in [-0.2, -0.15) is 0 Å². The van der Waals surface area contributed by atoms with Crippen molar-refractivity contribution in [2.24, 2.45) is 5.41 Å². The summed E-state index contributed by atoms with van der Waals surface area (Å²) in [6.07, 6.45) is 0.433. The minimum absolute atomic E-state index is 0.0258. The van der Waals surface area contributed by atoms with Crippen molar-refractivity contribution >= 4 is 68.9 Å². The second-order valence-electron chi connectivity index (χ2n) is 9.87. The quantitative estimate of drug-likeness (QED) is 0.203. The average molecular weight is 585 g/mol. The molecule has 0 radical (unpaired) electrons. The second-order valence-corrected chi connectivity index (χ2v) is 12.8. The highest BCUT2D eigenvalue weighted by Gasteiger charge is 2.24. The van der Waals surface area contributed by atoms with Crippen LogP contribution in [0.3, 0.4) is 0 Å². The molecule has 3 aromatic carbocycles. The van der Waals surface area contributed by atoms with Gasteiger partial charge in [-0.3, -0.25) is 9.59 Å². The Morgan fingerprint density at radius 2 is 1.68 bits per heavy atom. The van der Waals surface area contributed by atoms with Crippen molar-refractivity contribution in [3.63, 3.8) is 0 Å². The largest absolute Gasteiger partial charge is 0.326 e. The van der Waals surface area contributed by atoms with E-state index in [0.717, 1.165) is 21.7 Å². The summed E-state index contributed by atoms with van der Waals surface area (Å²) in [6.45, 7) is 6.08. The first-order chi connectivity index (χ1) is 18.1. The number of carbonyl (C=O) groups is 2. The maximum atomic E-state index is 13.5. The van der Waals surface area contributed by atoms with E-state index >= 15 is 0 Å². The zero-order valence-corrected chi connectivity index (χ0v) is 24.3. The summed E-state index contributed by atoms with van der Waals surface area (Å²) in [4.78, 5) is 31.2. The van der Waals surface area contributed by atoms with Crippen LogP contribution < -0.4 is 10.6 Å². The predicted molar refractivity (Wildman–Crippen MR) is 160 cm³/mol. The van der Waals surface area contributed by atoms with E-state index in [1.54, 1.807) is 12.1 Å². The summed E-state index contributed by atoms with van der Waals surface area (Å²) < 4.78 is 0. The molecule has 4 aromatic rings. The summed E-state index contributed by atoms with van der Waals surface area (Å²) in [5.41, 5.74) is 2.92. The van der Waals surface area contributed by atoms with Crippen molar-refractivity contribution in [1.82, 2.24) is 4.98 Å². The Balaban J connectivity index is 1.48. The minimum Gasteiger partial charge on any atom is -0.326 e. The fourth-order valence-corrected chi connectivity index (χ4v) is 5.91. The van der Waals surface area contributed by atoms with Gasteiger partial charge < -0.3 is 10.6 Å². The maximum Gasteiger partial charge on any atom is 0.244 e. The molecule has 0 aliphatic heterocycles. The van der Waals surface area contributed by atoms with Gasteiger partial charge in [-0.1, -0.05) is 74.3 Å². The van der Waals surface area contributed by atoms with Crippen LogP contribution in [0.25, 0.3) is 11.3 Å². The molecule has 1 atom stereocenters. The molecule has 1 aromatic heterocycles. The highest BCUT2D eigenvalue weighted by atomic mass is 35.5. The molecular weight excluding hydrogens is 557 g/mol. The van der Waals surface area contributed by atoms with E-state index in [9.17, 15) is 9.59 Å². The number of thioether (sulfide) groups is 1. The van der Waals surface area contributed by atoms with E-state index < -0.39 is 5.25 Å². The zero-order valence-electron chi connectivity index (χ0n) is 21.1. The van der Waals surface area contributed by atoms with Crippen LogP contribution in [0.5, 0.6) is 0 Å². The van der Waals surface area contributed by atoms with Crippen LogP contribution in [-0.2, 0) is 9.59 Å².